The molecule has 0 spiro atoms. The molecular weight excluding hydrogens is 168 g/mol. The minimum atomic E-state index is -0.0588. The molecule has 1 radical (unpaired) electrons. The quantitative estimate of drug-likeness (QED) is 0.644. The van der Waals surface area contributed by atoms with Crippen molar-refractivity contribution < 1.29 is 9.59 Å². The maximum Gasteiger partial charge on any atom is 0.217 e. The summed E-state index contributed by atoms with van der Waals surface area (Å²) in [5, 5.41) is 5.42. The van der Waals surface area contributed by atoms with E-state index >= 15 is 0 Å². The van der Waals surface area contributed by atoms with Gasteiger partial charge < -0.3 is 10.6 Å². The molecule has 2 amide bonds. The van der Waals surface area contributed by atoms with Crippen molar-refractivity contribution in [2.24, 2.45) is 0 Å². The Bertz CT molecular complexity index is 180. The van der Waals surface area contributed by atoms with Crippen LogP contribution in [0, 0.1) is 6.92 Å². The first-order valence-corrected chi connectivity index (χ1v) is 4.37. The van der Waals surface area contributed by atoms with Crippen LogP contribution >= 0.6 is 0 Å². The lowest BCUT2D eigenvalue weighted by atomic mass is 10.1. The van der Waals surface area contributed by atoms with Crippen LogP contribution in [-0.4, -0.2) is 24.4 Å². The molecule has 0 aliphatic rings. The normalized spacial score (nSPS) is 11.9. The van der Waals surface area contributed by atoms with E-state index in [2.05, 4.69) is 17.6 Å². The van der Waals surface area contributed by atoms with E-state index in [0.717, 1.165) is 6.42 Å². The molecule has 1 atom stereocenters. The molecule has 0 aromatic heterocycles. The largest absolute Gasteiger partial charge is 0.356 e. The standard InChI is InChI=1S/C9H17N2O2/c1-4-9(11-8(3)13)5-6-10-7(2)12/h9H,1,4-6H2,2-3H3,(H,10,12)(H,11,13). The van der Waals surface area contributed by atoms with Crippen LogP contribution in [0.25, 0.3) is 0 Å². The highest BCUT2D eigenvalue weighted by molar-refractivity contribution is 5.73. The van der Waals surface area contributed by atoms with Gasteiger partial charge in [-0.05, 0) is 12.8 Å². The summed E-state index contributed by atoms with van der Waals surface area (Å²) in [6.07, 6.45) is 1.36. The second kappa shape index (κ2) is 6.46. The molecular formula is C9H17N2O2. The minimum absolute atomic E-state index is 0.0503. The number of carbonyl (C=O) groups is 2. The summed E-state index contributed by atoms with van der Waals surface area (Å²) < 4.78 is 0. The molecule has 0 aliphatic carbocycles. The van der Waals surface area contributed by atoms with Gasteiger partial charge in [0.1, 0.15) is 0 Å². The van der Waals surface area contributed by atoms with Gasteiger partial charge in [0.15, 0.2) is 0 Å². The summed E-state index contributed by atoms with van der Waals surface area (Å²) >= 11 is 0. The second-order valence-electron chi connectivity index (χ2n) is 2.96. The van der Waals surface area contributed by atoms with Crippen molar-refractivity contribution >= 4 is 11.8 Å². The van der Waals surface area contributed by atoms with Crippen molar-refractivity contribution in [3.8, 4) is 0 Å². The summed E-state index contributed by atoms with van der Waals surface area (Å²) in [7, 11) is 0. The number of nitrogens with one attached hydrogen (secondary N) is 2. The predicted molar refractivity (Wildman–Crippen MR) is 50.9 cm³/mol. The van der Waals surface area contributed by atoms with Crippen molar-refractivity contribution in [1.82, 2.24) is 10.6 Å². The van der Waals surface area contributed by atoms with Gasteiger partial charge >= 0.3 is 0 Å². The minimum Gasteiger partial charge on any atom is -0.356 e. The van der Waals surface area contributed by atoms with Gasteiger partial charge in [0.25, 0.3) is 0 Å². The second-order valence-corrected chi connectivity index (χ2v) is 2.96. The highest BCUT2D eigenvalue weighted by Crippen LogP contribution is 1.95. The maximum atomic E-state index is 10.7. The molecule has 0 rings (SSSR count). The summed E-state index contributed by atoms with van der Waals surface area (Å²) in [4.78, 5) is 21.2. The molecule has 2 N–H and O–H groups in total. The van der Waals surface area contributed by atoms with Crippen LogP contribution in [-0.2, 0) is 9.59 Å². The molecule has 0 aromatic carbocycles. The number of amides is 2. The van der Waals surface area contributed by atoms with Crippen LogP contribution < -0.4 is 10.6 Å². The smallest absolute Gasteiger partial charge is 0.217 e. The zero-order chi connectivity index (χ0) is 10.3. The first-order chi connectivity index (χ1) is 6.06. The molecule has 1 unspecified atom stereocenters. The highest BCUT2D eigenvalue weighted by atomic mass is 16.2. The van der Waals surface area contributed by atoms with Gasteiger partial charge in [-0.25, -0.2) is 0 Å². The van der Waals surface area contributed by atoms with Gasteiger partial charge in [-0.2, -0.15) is 0 Å². The Hall–Kier alpha value is -1.06. The molecule has 4 nitrogen and oxygen atoms in total. The molecule has 0 aliphatic heterocycles. The topological polar surface area (TPSA) is 58.2 Å². The average molecular weight is 185 g/mol. The zero-order valence-electron chi connectivity index (χ0n) is 8.22. The lowest BCUT2D eigenvalue weighted by Crippen LogP contribution is -2.35. The van der Waals surface area contributed by atoms with Crippen molar-refractivity contribution in [2.45, 2.75) is 32.7 Å². The van der Waals surface area contributed by atoms with Crippen LogP contribution in [0.2, 0.25) is 0 Å². The molecule has 0 bridgehead atoms. The Morgan fingerprint density at radius 1 is 1.31 bits per heavy atom. The molecule has 0 heterocycles. The SMILES string of the molecule is [CH2]CC(CCNC(C)=O)NC(C)=O. The van der Waals surface area contributed by atoms with E-state index in [1.807, 2.05) is 0 Å². The van der Waals surface area contributed by atoms with Crippen LogP contribution in [0.3, 0.4) is 0 Å². The first-order valence-electron chi connectivity index (χ1n) is 4.37. The van der Waals surface area contributed by atoms with E-state index in [1.54, 1.807) is 0 Å². The predicted octanol–water partition coefficient (Wildman–Crippen LogP) is 0.241. The fourth-order valence-electron chi connectivity index (χ4n) is 0.999. The molecule has 0 fully saturated rings. The average Bonchev–Trinajstić information content (AvgIpc) is 2.01. The van der Waals surface area contributed by atoms with Crippen LogP contribution in [0.1, 0.15) is 26.7 Å². The van der Waals surface area contributed by atoms with Crippen molar-refractivity contribution in [1.29, 1.82) is 0 Å². The van der Waals surface area contributed by atoms with E-state index in [-0.39, 0.29) is 17.9 Å². The summed E-state index contributed by atoms with van der Waals surface area (Å²) in [6, 6.07) is 0.0596. The Kier molecular flexibility index (Phi) is 5.93. The Morgan fingerprint density at radius 3 is 2.31 bits per heavy atom. The van der Waals surface area contributed by atoms with Crippen molar-refractivity contribution in [2.75, 3.05) is 6.54 Å². The number of hydrogen-bond donors (Lipinski definition) is 2. The number of carbonyl (C=O) groups excluding carboxylic acids is 2. The van der Waals surface area contributed by atoms with Gasteiger partial charge in [0.05, 0.1) is 0 Å². The van der Waals surface area contributed by atoms with E-state index in [1.165, 1.54) is 13.8 Å². The molecule has 13 heavy (non-hydrogen) atoms. The lowest BCUT2D eigenvalue weighted by molar-refractivity contribution is -0.119. The van der Waals surface area contributed by atoms with Crippen LogP contribution in [0.15, 0.2) is 0 Å². The molecule has 0 saturated carbocycles. The van der Waals surface area contributed by atoms with Crippen LogP contribution in [0.4, 0.5) is 0 Å². The number of rotatable bonds is 5. The van der Waals surface area contributed by atoms with E-state index in [0.29, 0.717) is 13.0 Å². The molecule has 4 heteroatoms. The first kappa shape index (κ1) is 11.9. The lowest BCUT2D eigenvalue weighted by Gasteiger charge is -2.15. The van der Waals surface area contributed by atoms with Gasteiger partial charge in [-0.3, -0.25) is 9.59 Å². The van der Waals surface area contributed by atoms with E-state index in [9.17, 15) is 9.59 Å². The Balaban J connectivity index is 3.59. The fraction of sp³-hybridized carbons (Fsp3) is 0.667. The fourth-order valence-corrected chi connectivity index (χ4v) is 0.999. The van der Waals surface area contributed by atoms with Gasteiger partial charge in [0, 0.05) is 26.4 Å². The molecule has 0 saturated heterocycles. The van der Waals surface area contributed by atoms with Crippen molar-refractivity contribution in [3.05, 3.63) is 6.92 Å². The van der Waals surface area contributed by atoms with E-state index < -0.39 is 0 Å². The third-order valence-electron chi connectivity index (χ3n) is 1.62. The van der Waals surface area contributed by atoms with Gasteiger partial charge in [-0.15, -0.1) is 0 Å². The van der Waals surface area contributed by atoms with E-state index in [4.69, 9.17) is 0 Å². The monoisotopic (exact) mass is 185 g/mol. The summed E-state index contributed by atoms with van der Waals surface area (Å²) in [5.74, 6) is -0.109. The number of hydrogen-bond acceptors (Lipinski definition) is 2. The van der Waals surface area contributed by atoms with Gasteiger partial charge in [-0.1, -0.05) is 6.92 Å². The molecule has 75 valence electrons. The third kappa shape index (κ3) is 7.31. The summed E-state index contributed by atoms with van der Waals surface area (Å²) in [5.41, 5.74) is 0. The maximum absolute atomic E-state index is 10.7. The molecule has 0 aromatic rings. The zero-order valence-corrected chi connectivity index (χ0v) is 8.22. The van der Waals surface area contributed by atoms with Crippen LogP contribution in [0.5, 0.6) is 0 Å². The Morgan fingerprint density at radius 2 is 1.92 bits per heavy atom. The van der Waals surface area contributed by atoms with Gasteiger partial charge in [0.2, 0.25) is 11.8 Å². The third-order valence-corrected chi connectivity index (χ3v) is 1.62. The summed E-state index contributed by atoms with van der Waals surface area (Å²) in [6.45, 7) is 7.23. The highest BCUT2D eigenvalue weighted by Gasteiger charge is 2.06. The van der Waals surface area contributed by atoms with Crippen molar-refractivity contribution in [3.63, 3.8) is 0 Å². The Labute approximate surface area is 79.1 Å².